The fraction of sp³-hybridized carbons (Fsp3) is 0.357. The number of hydrogen-bond donors (Lipinski definition) is 2. The summed E-state index contributed by atoms with van der Waals surface area (Å²) in [7, 11) is 0. The number of hydrogen-bond acceptors (Lipinski definition) is 3. The van der Waals surface area contributed by atoms with Gasteiger partial charge in [0.05, 0.1) is 0 Å². The van der Waals surface area contributed by atoms with Crippen molar-refractivity contribution in [3.63, 3.8) is 0 Å². The van der Waals surface area contributed by atoms with E-state index in [2.05, 4.69) is 10.6 Å². The van der Waals surface area contributed by atoms with Crippen LogP contribution in [0.25, 0.3) is 0 Å². The number of carbonyl (C=O) groups excluding carboxylic acids is 3. The Labute approximate surface area is 124 Å². The van der Waals surface area contributed by atoms with Crippen LogP contribution in [0.15, 0.2) is 18.2 Å². The molecule has 1 aromatic rings. The Hall–Kier alpha value is -2.51. The van der Waals surface area contributed by atoms with Crippen molar-refractivity contribution in [1.82, 2.24) is 15.5 Å². The number of amides is 4. The molecule has 8 heteroatoms. The van der Waals surface area contributed by atoms with Gasteiger partial charge in [-0.1, -0.05) is 6.07 Å². The maximum atomic E-state index is 13.4. The van der Waals surface area contributed by atoms with Gasteiger partial charge in [-0.2, -0.15) is 0 Å². The number of benzene rings is 1. The molecule has 1 spiro atoms. The van der Waals surface area contributed by atoms with E-state index < -0.39 is 34.7 Å². The zero-order chi connectivity index (χ0) is 15.9. The first-order chi connectivity index (χ1) is 10.4. The first-order valence-electron chi connectivity index (χ1n) is 6.81. The van der Waals surface area contributed by atoms with E-state index in [4.69, 9.17) is 0 Å². The molecule has 6 nitrogen and oxygen atoms in total. The molecule has 3 rings (SSSR count). The van der Waals surface area contributed by atoms with Gasteiger partial charge in [0.2, 0.25) is 0 Å². The molecule has 1 saturated heterocycles. The topological polar surface area (TPSA) is 78.5 Å². The third-order valence-electron chi connectivity index (χ3n) is 3.81. The lowest BCUT2D eigenvalue weighted by Crippen LogP contribution is -2.39. The Bertz CT molecular complexity index is 653. The fourth-order valence-electron chi connectivity index (χ4n) is 2.43. The van der Waals surface area contributed by atoms with E-state index in [-0.39, 0.29) is 19.0 Å². The zero-order valence-electron chi connectivity index (χ0n) is 11.5. The van der Waals surface area contributed by atoms with Gasteiger partial charge in [0.1, 0.15) is 22.7 Å². The summed E-state index contributed by atoms with van der Waals surface area (Å²) in [5, 5.41) is 4.90. The van der Waals surface area contributed by atoms with Crippen molar-refractivity contribution >= 4 is 17.8 Å². The minimum Gasteiger partial charge on any atom is -0.350 e. The molecule has 2 fully saturated rings. The van der Waals surface area contributed by atoms with Crippen LogP contribution in [-0.2, 0) is 4.79 Å². The second kappa shape index (κ2) is 5.04. The molecule has 1 aliphatic heterocycles. The molecule has 1 aromatic carbocycles. The molecular formula is C14H13F2N3O3. The smallest absolute Gasteiger partial charge is 0.325 e. The van der Waals surface area contributed by atoms with Crippen LogP contribution in [0.3, 0.4) is 0 Å². The summed E-state index contributed by atoms with van der Waals surface area (Å²) < 4.78 is 26.9. The largest absolute Gasteiger partial charge is 0.350 e. The predicted octanol–water partition coefficient (Wildman–Crippen LogP) is 0.779. The normalized spacial score (nSPS) is 18.5. The molecule has 0 bridgehead atoms. The number of carbonyl (C=O) groups is 3. The zero-order valence-corrected chi connectivity index (χ0v) is 11.5. The number of nitrogens with zero attached hydrogens (tertiary/aromatic N) is 1. The molecule has 22 heavy (non-hydrogen) atoms. The van der Waals surface area contributed by atoms with Gasteiger partial charge in [-0.25, -0.2) is 13.6 Å². The highest BCUT2D eigenvalue weighted by Gasteiger charge is 2.59. The van der Waals surface area contributed by atoms with E-state index in [9.17, 15) is 23.2 Å². The Morgan fingerprint density at radius 3 is 2.45 bits per heavy atom. The first-order valence-corrected chi connectivity index (χ1v) is 6.81. The molecular weight excluding hydrogens is 296 g/mol. The highest BCUT2D eigenvalue weighted by Crippen LogP contribution is 2.40. The van der Waals surface area contributed by atoms with Crippen molar-refractivity contribution in [3.05, 3.63) is 35.4 Å². The van der Waals surface area contributed by atoms with Crippen molar-refractivity contribution in [2.24, 2.45) is 0 Å². The monoisotopic (exact) mass is 309 g/mol. The number of rotatable bonds is 4. The minimum atomic E-state index is -0.968. The second-order valence-corrected chi connectivity index (χ2v) is 5.32. The summed E-state index contributed by atoms with van der Waals surface area (Å²) in [5.74, 6) is -3.18. The van der Waals surface area contributed by atoms with E-state index in [1.54, 1.807) is 0 Å². The number of halogens is 2. The van der Waals surface area contributed by atoms with Crippen molar-refractivity contribution in [2.75, 3.05) is 13.1 Å². The molecule has 2 N–H and O–H groups in total. The average molecular weight is 309 g/mol. The van der Waals surface area contributed by atoms with Gasteiger partial charge >= 0.3 is 6.03 Å². The van der Waals surface area contributed by atoms with Crippen LogP contribution < -0.4 is 10.6 Å². The van der Waals surface area contributed by atoms with Crippen molar-refractivity contribution in [3.8, 4) is 0 Å². The molecule has 116 valence electrons. The molecule has 1 saturated carbocycles. The van der Waals surface area contributed by atoms with E-state index in [1.165, 1.54) is 0 Å². The van der Waals surface area contributed by atoms with Crippen LogP contribution in [0.1, 0.15) is 23.2 Å². The summed E-state index contributed by atoms with van der Waals surface area (Å²) in [6, 6.07) is 2.61. The Balaban J connectivity index is 1.58. The van der Waals surface area contributed by atoms with Gasteiger partial charge in [0, 0.05) is 13.1 Å². The van der Waals surface area contributed by atoms with E-state index in [0.717, 1.165) is 23.1 Å². The Morgan fingerprint density at radius 2 is 1.91 bits per heavy atom. The fourth-order valence-corrected chi connectivity index (χ4v) is 2.43. The van der Waals surface area contributed by atoms with E-state index in [1.807, 2.05) is 0 Å². The molecule has 4 amide bonds. The van der Waals surface area contributed by atoms with Crippen molar-refractivity contribution in [2.45, 2.75) is 18.4 Å². The quantitative estimate of drug-likeness (QED) is 0.807. The first kappa shape index (κ1) is 14.4. The van der Waals surface area contributed by atoms with Crippen LogP contribution in [0.2, 0.25) is 0 Å². The second-order valence-electron chi connectivity index (χ2n) is 5.32. The van der Waals surface area contributed by atoms with Crippen LogP contribution >= 0.6 is 0 Å². The predicted molar refractivity (Wildman–Crippen MR) is 70.9 cm³/mol. The minimum absolute atomic E-state index is 0.0474. The van der Waals surface area contributed by atoms with Crippen molar-refractivity contribution in [1.29, 1.82) is 0 Å². The third-order valence-corrected chi connectivity index (χ3v) is 3.81. The lowest BCUT2D eigenvalue weighted by Gasteiger charge is -2.13. The van der Waals surface area contributed by atoms with E-state index in [0.29, 0.717) is 12.8 Å². The molecule has 0 radical (unpaired) electrons. The average Bonchev–Trinajstić information content (AvgIpc) is 3.18. The van der Waals surface area contributed by atoms with Gasteiger partial charge < -0.3 is 10.6 Å². The van der Waals surface area contributed by atoms with Gasteiger partial charge in [-0.15, -0.1) is 0 Å². The molecule has 1 aliphatic carbocycles. The van der Waals surface area contributed by atoms with Crippen LogP contribution in [0, 0.1) is 11.6 Å². The molecule has 0 atom stereocenters. The Kier molecular flexibility index (Phi) is 3.31. The summed E-state index contributed by atoms with van der Waals surface area (Å²) in [6.45, 7) is -0.129. The van der Waals surface area contributed by atoms with Crippen molar-refractivity contribution < 1.29 is 23.2 Å². The molecule has 0 unspecified atom stereocenters. The standard InChI is InChI=1S/C14H13F2N3O3/c15-8-2-1-3-9(16)10(8)11(20)17-6-7-19-12(21)14(4-5-14)18-13(19)22/h1-3H,4-7H2,(H,17,20)(H,18,22). The molecule has 0 aromatic heterocycles. The summed E-state index contributed by atoms with van der Waals surface area (Å²) in [4.78, 5) is 36.4. The number of imide groups is 1. The summed E-state index contributed by atoms with van der Waals surface area (Å²) >= 11 is 0. The highest BCUT2D eigenvalue weighted by atomic mass is 19.1. The lowest BCUT2D eigenvalue weighted by molar-refractivity contribution is -0.128. The van der Waals surface area contributed by atoms with Crippen LogP contribution in [0.5, 0.6) is 0 Å². The maximum absolute atomic E-state index is 13.4. The van der Waals surface area contributed by atoms with Gasteiger partial charge in [0.25, 0.3) is 11.8 Å². The van der Waals surface area contributed by atoms with Gasteiger partial charge in [-0.05, 0) is 25.0 Å². The van der Waals surface area contributed by atoms with E-state index >= 15 is 0 Å². The number of nitrogens with one attached hydrogen (secondary N) is 2. The number of urea groups is 1. The SMILES string of the molecule is O=C(NCCN1C(=O)NC2(CC2)C1=O)c1c(F)cccc1F. The van der Waals surface area contributed by atoms with Gasteiger partial charge in [-0.3, -0.25) is 14.5 Å². The summed E-state index contributed by atoms with van der Waals surface area (Å²) in [5.41, 5.74) is -1.43. The van der Waals surface area contributed by atoms with Crippen LogP contribution in [0.4, 0.5) is 13.6 Å². The van der Waals surface area contributed by atoms with Crippen LogP contribution in [-0.4, -0.2) is 41.4 Å². The lowest BCUT2D eigenvalue weighted by atomic mass is 10.2. The molecule has 1 heterocycles. The summed E-state index contributed by atoms with van der Waals surface area (Å²) in [6.07, 6.45) is 1.22. The van der Waals surface area contributed by atoms with Gasteiger partial charge in [0.15, 0.2) is 0 Å². The molecule has 2 aliphatic rings. The maximum Gasteiger partial charge on any atom is 0.325 e. The third kappa shape index (κ3) is 2.30. The highest BCUT2D eigenvalue weighted by molar-refractivity contribution is 6.08. The Morgan fingerprint density at radius 1 is 1.27 bits per heavy atom.